The molecule has 1 aliphatic heterocycles. The van der Waals surface area contributed by atoms with Crippen molar-refractivity contribution in [1.82, 2.24) is 24.9 Å². The molecule has 0 bridgehead atoms. The van der Waals surface area contributed by atoms with E-state index in [1.807, 2.05) is 18.5 Å². The molecule has 1 aliphatic carbocycles. The molecular weight excluding hydrogens is 314 g/mol. The van der Waals surface area contributed by atoms with Gasteiger partial charge in [0.2, 0.25) is 0 Å². The molecule has 3 heterocycles. The second-order valence-corrected chi connectivity index (χ2v) is 6.68. The summed E-state index contributed by atoms with van der Waals surface area (Å²) >= 11 is 0. The summed E-state index contributed by atoms with van der Waals surface area (Å²) in [5.41, 5.74) is 1.52. The number of nitrogens with one attached hydrogen (secondary N) is 1. The van der Waals surface area contributed by atoms with Crippen molar-refractivity contribution in [2.24, 2.45) is 12.5 Å². The molecule has 2 aromatic rings. The second-order valence-electron chi connectivity index (χ2n) is 6.68. The molecule has 6 nitrogen and oxygen atoms in total. The van der Waals surface area contributed by atoms with Gasteiger partial charge in [-0.3, -0.25) is 4.90 Å². The summed E-state index contributed by atoms with van der Waals surface area (Å²) in [6.45, 7) is 4.01. The van der Waals surface area contributed by atoms with E-state index in [2.05, 4.69) is 32.0 Å². The summed E-state index contributed by atoms with van der Waals surface area (Å²) in [5, 5.41) is 7.57. The van der Waals surface area contributed by atoms with Crippen LogP contribution in [0, 0.1) is 5.41 Å². The molecule has 1 spiro atoms. The highest BCUT2D eigenvalue weighted by molar-refractivity contribution is 5.85. The van der Waals surface area contributed by atoms with Crippen LogP contribution in [0.1, 0.15) is 30.8 Å². The number of hydrogen-bond donors (Lipinski definition) is 1. The van der Waals surface area contributed by atoms with E-state index >= 15 is 0 Å². The van der Waals surface area contributed by atoms with Gasteiger partial charge in [0, 0.05) is 38.1 Å². The van der Waals surface area contributed by atoms with Gasteiger partial charge in [-0.05, 0) is 37.8 Å². The molecule has 23 heavy (non-hydrogen) atoms. The number of rotatable bonds is 5. The molecule has 0 amide bonds. The zero-order valence-corrected chi connectivity index (χ0v) is 14.3. The number of aryl methyl sites for hydroxylation is 1. The molecule has 126 valence electrons. The van der Waals surface area contributed by atoms with Crippen molar-refractivity contribution in [2.75, 3.05) is 13.1 Å². The number of imidazole rings is 1. The average Bonchev–Trinajstić information content (AvgIpc) is 2.90. The van der Waals surface area contributed by atoms with E-state index in [1.54, 1.807) is 6.26 Å². The molecule has 1 saturated carbocycles. The molecule has 1 saturated heterocycles. The smallest absolute Gasteiger partial charge is 0.124 e. The Morgan fingerprint density at radius 1 is 1.39 bits per heavy atom. The highest BCUT2D eigenvalue weighted by Gasteiger charge is 2.56. The molecule has 2 aromatic heterocycles. The minimum atomic E-state index is 0. The first-order valence-electron chi connectivity index (χ1n) is 8.07. The van der Waals surface area contributed by atoms with Gasteiger partial charge >= 0.3 is 0 Å². The predicted octanol–water partition coefficient (Wildman–Crippen LogP) is 1.97. The molecule has 2 aliphatic rings. The summed E-state index contributed by atoms with van der Waals surface area (Å²) in [6.07, 6.45) is 9.41. The highest BCUT2D eigenvalue weighted by Crippen LogP contribution is 2.56. The third-order valence-electron chi connectivity index (χ3n) is 5.31. The Kier molecular flexibility index (Phi) is 4.75. The van der Waals surface area contributed by atoms with Crippen LogP contribution in [-0.4, -0.2) is 38.7 Å². The lowest BCUT2D eigenvalue weighted by Crippen LogP contribution is -2.36. The van der Waals surface area contributed by atoms with Crippen LogP contribution in [0.2, 0.25) is 0 Å². The van der Waals surface area contributed by atoms with Gasteiger partial charge in [0.25, 0.3) is 0 Å². The largest absolute Gasteiger partial charge is 0.364 e. The molecule has 7 heteroatoms. The minimum absolute atomic E-state index is 0. The summed E-state index contributed by atoms with van der Waals surface area (Å²) in [5.74, 6) is 1.11. The summed E-state index contributed by atoms with van der Waals surface area (Å²) in [4.78, 5) is 7.03. The van der Waals surface area contributed by atoms with Crippen molar-refractivity contribution in [3.63, 3.8) is 0 Å². The van der Waals surface area contributed by atoms with Gasteiger partial charge < -0.3 is 14.4 Å². The third kappa shape index (κ3) is 3.29. The third-order valence-corrected chi connectivity index (χ3v) is 5.31. The van der Waals surface area contributed by atoms with Crippen LogP contribution in [-0.2, 0) is 20.1 Å². The molecule has 1 atom stereocenters. The fourth-order valence-electron chi connectivity index (χ4n) is 3.84. The van der Waals surface area contributed by atoms with Crippen molar-refractivity contribution in [2.45, 2.75) is 38.4 Å². The summed E-state index contributed by atoms with van der Waals surface area (Å²) in [6, 6.07) is 2.60. The summed E-state index contributed by atoms with van der Waals surface area (Å²) < 4.78 is 7.11. The number of hydrogen-bond acceptors (Lipinski definition) is 5. The maximum absolute atomic E-state index is 5.00. The first-order chi connectivity index (χ1) is 10.8. The fourth-order valence-corrected chi connectivity index (χ4v) is 3.84. The van der Waals surface area contributed by atoms with Crippen LogP contribution in [0.3, 0.4) is 0 Å². The number of nitrogens with zero attached hydrogens (tertiary/aromatic N) is 4. The van der Waals surface area contributed by atoms with E-state index in [0.717, 1.165) is 37.7 Å². The second kappa shape index (κ2) is 6.63. The van der Waals surface area contributed by atoms with Gasteiger partial charge in [0.15, 0.2) is 0 Å². The average molecular weight is 338 g/mol. The Hall–Kier alpha value is -1.37. The molecule has 0 radical (unpaired) electrons. The Morgan fingerprint density at radius 3 is 2.87 bits per heavy atom. The number of piperidine rings is 1. The maximum atomic E-state index is 5.00. The van der Waals surface area contributed by atoms with Crippen LogP contribution >= 0.6 is 12.4 Å². The maximum Gasteiger partial charge on any atom is 0.124 e. The normalized spacial score (nSPS) is 22.3. The first kappa shape index (κ1) is 16.5. The Balaban J connectivity index is 0.00000156. The topological polar surface area (TPSA) is 59.1 Å². The summed E-state index contributed by atoms with van der Waals surface area (Å²) in [7, 11) is 2.06. The Bertz CT molecular complexity index is 620. The van der Waals surface area contributed by atoms with Crippen LogP contribution in [0.4, 0.5) is 0 Å². The SMILES string of the molecule is Cl.Cn1ccnc1CN(Cc1ccon1)C1CC12CCNCC2. The van der Waals surface area contributed by atoms with E-state index in [9.17, 15) is 0 Å². The van der Waals surface area contributed by atoms with Crippen molar-refractivity contribution in [3.05, 3.63) is 36.2 Å². The molecule has 1 N–H and O–H groups in total. The van der Waals surface area contributed by atoms with E-state index in [1.165, 1.54) is 19.3 Å². The fraction of sp³-hybridized carbons (Fsp3) is 0.625. The van der Waals surface area contributed by atoms with Crippen molar-refractivity contribution < 1.29 is 4.52 Å². The molecule has 0 aromatic carbocycles. The van der Waals surface area contributed by atoms with Gasteiger partial charge in [-0.1, -0.05) is 5.16 Å². The zero-order chi connectivity index (χ0) is 15.0. The zero-order valence-electron chi connectivity index (χ0n) is 13.4. The highest BCUT2D eigenvalue weighted by atomic mass is 35.5. The van der Waals surface area contributed by atoms with E-state index in [-0.39, 0.29) is 12.4 Å². The van der Waals surface area contributed by atoms with Crippen LogP contribution < -0.4 is 5.32 Å². The molecular formula is C16H24ClN5O. The van der Waals surface area contributed by atoms with Gasteiger partial charge in [-0.2, -0.15) is 0 Å². The van der Waals surface area contributed by atoms with Crippen molar-refractivity contribution in [1.29, 1.82) is 0 Å². The number of aromatic nitrogens is 3. The Labute approximate surface area is 142 Å². The first-order valence-corrected chi connectivity index (χ1v) is 8.07. The lowest BCUT2D eigenvalue weighted by atomic mass is 9.93. The van der Waals surface area contributed by atoms with Crippen molar-refractivity contribution in [3.8, 4) is 0 Å². The van der Waals surface area contributed by atoms with Crippen LogP contribution in [0.5, 0.6) is 0 Å². The monoisotopic (exact) mass is 337 g/mol. The van der Waals surface area contributed by atoms with Gasteiger partial charge in [-0.25, -0.2) is 4.98 Å². The van der Waals surface area contributed by atoms with E-state index in [4.69, 9.17) is 4.52 Å². The van der Waals surface area contributed by atoms with Gasteiger partial charge in [0.1, 0.15) is 12.1 Å². The van der Waals surface area contributed by atoms with Crippen molar-refractivity contribution >= 4 is 12.4 Å². The Morgan fingerprint density at radius 2 is 2.22 bits per heavy atom. The molecule has 2 fully saturated rings. The molecule has 1 unspecified atom stereocenters. The quantitative estimate of drug-likeness (QED) is 0.904. The lowest BCUT2D eigenvalue weighted by molar-refractivity contribution is 0.178. The van der Waals surface area contributed by atoms with Gasteiger partial charge in [0.05, 0.1) is 12.2 Å². The van der Waals surface area contributed by atoms with Gasteiger partial charge in [-0.15, -0.1) is 12.4 Å². The van der Waals surface area contributed by atoms with E-state index < -0.39 is 0 Å². The standard InChI is InChI=1S/C16H23N5O.ClH/c1-20-8-7-18-15(20)12-21(11-13-2-9-22-19-13)14-10-16(14)3-5-17-6-4-16;/h2,7-9,14,17H,3-6,10-12H2,1H3;1H. The van der Waals surface area contributed by atoms with E-state index in [0.29, 0.717) is 11.5 Å². The number of halogens is 1. The lowest BCUT2D eigenvalue weighted by Gasteiger charge is -2.29. The van der Waals surface area contributed by atoms with Crippen LogP contribution in [0.25, 0.3) is 0 Å². The minimum Gasteiger partial charge on any atom is -0.364 e. The van der Waals surface area contributed by atoms with Crippen LogP contribution in [0.15, 0.2) is 29.2 Å². The predicted molar refractivity (Wildman–Crippen MR) is 89.1 cm³/mol. The molecule has 4 rings (SSSR count).